The van der Waals surface area contributed by atoms with E-state index in [4.69, 9.17) is 0 Å². The second-order valence-corrected chi connectivity index (χ2v) is 0.930. The lowest BCUT2D eigenvalue weighted by atomic mass is 10.5. The number of carbonyl (C=O) groups is 1. The molecular formula is C8H24O2. The Bertz CT molecular complexity index is 45.2. The van der Waals surface area contributed by atoms with Crippen LogP contribution >= 0.6 is 0 Å². The van der Waals surface area contributed by atoms with Gasteiger partial charge in [-0.3, -0.25) is 4.79 Å². The van der Waals surface area contributed by atoms with Crippen molar-refractivity contribution in [1.29, 1.82) is 0 Å². The fourth-order valence-electron chi connectivity index (χ4n) is 0.144. The number of carbonyl (C=O) groups excluding carboxylic acids is 1. The largest absolute Gasteiger partial charge is 0.469 e. The molecule has 2 nitrogen and oxygen atoms in total. The zero-order valence-corrected chi connectivity index (χ0v) is 4.02. The van der Waals surface area contributed by atoms with E-state index in [0.717, 1.165) is 0 Å². The van der Waals surface area contributed by atoms with Crippen molar-refractivity contribution >= 4 is 5.97 Å². The van der Waals surface area contributed by atoms with E-state index in [2.05, 4.69) is 4.74 Å². The highest BCUT2D eigenvalue weighted by atomic mass is 16.5. The van der Waals surface area contributed by atoms with Crippen molar-refractivity contribution in [2.75, 3.05) is 7.11 Å². The SMILES string of the molecule is C.C.C.C.CCC(=O)OC. The van der Waals surface area contributed by atoms with Crippen LogP contribution in [0.2, 0.25) is 0 Å². The number of ether oxygens (including phenoxy) is 1. The number of esters is 1. The van der Waals surface area contributed by atoms with E-state index >= 15 is 0 Å². The smallest absolute Gasteiger partial charge is 0.305 e. The van der Waals surface area contributed by atoms with Gasteiger partial charge >= 0.3 is 5.97 Å². The van der Waals surface area contributed by atoms with Gasteiger partial charge in [-0.2, -0.15) is 0 Å². The van der Waals surface area contributed by atoms with E-state index in [9.17, 15) is 4.79 Å². The van der Waals surface area contributed by atoms with Crippen molar-refractivity contribution in [3.63, 3.8) is 0 Å². The molecule has 0 N–H and O–H groups in total. The normalized spacial score (nSPS) is 4.60. The summed E-state index contributed by atoms with van der Waals surface area (Å²) in [5.41, 5.74) is 0. The molecule has 68 valence electrons. The molecular weight excluding hydrogens is 128 g/mol. The Morgan fingerprint density at radius 3 is 1.50 bits per heavy atom. The van der Waals surface area contributed by atoms with Crippen molar-refractivity contribution in [3.05, 3.63) is 0 Å². The number of hydrogen-bond acceptors (Lipinski definition) is 2. The number of methoxy groups -OCH3 is 1. The van der Waals surface area contributed by atoms with Crippen molar-refractivity contribution in [1.82, 2.24) is 0 Å². The Morgan fingerprint density at radius 2 is 1.50 bits per heavy atom. The fourth-order valence-corrected chi connectivity index (χ4v) is 0.144. The van der Waals surface area contributed by atoms with E-state index in [-0.39, 0.29) is 35.7 Å². The Morgan fingerprint density at radius 1 is 1.20 bits per heavy atom. The third-order valence-corrected chi connectivity index (χ3v) is 0.516. The third kappa shape index (κ3) is 26.0. The van der Waals surface area contributed by atoms with Crippen LogP contribution in [0.4, 0.5) is 0 Å². The molecule has 0 saturated heterocycles. The summed E-state index contributed by atoms with van der Waals surface area (Å²) in [6.45, 7) is 1.76. The fraction of sp³-hybridized carbons (Fsp3) is 0.875. The van der Waals surface area contributed by atoms with Crippen LogP contribution in [0, 0.1) is 0 Å². The van der Waals surface area contributed by atoms with Gasteiger partial charge in [-0.25, -0.2) is 0 Å². The lowest BCUT2D eigenvalue weighted by Gasteiger charge is -1.87. The standard InChI is InChI=1S/C4H8O2.4CH4/c1-3-4(5)6-2;;;;/h3H2,1-2H3;4*1H4. The molecule has 0 atom stereocenters. The average Bonchev–Trinajstić information content (AvgIpc) is 1.65. The zero-order chi connectivity index (χ0) is 4.99. The second kappa shape index (κ2) is 23.7. The minimum atomic E-state index is -0.157. The molecule has 0 aromatic carbocycles. The summed E-state index contributed by atoms with van der Waals surface area (Å²) in [6, 6.07) is 0. The summed E-state index contributed by atoms with van der Waals surface area (Å²) in [5.74, 6) is -0.157. The molecule has 0 aromatic rings. The molecule has 0 radical (unpaired) electrons. The predicted octanol–water partition coefficient (Wildman–Crippen LogP) is 3.11. The highest BCUT2D eigenvalue weighted by Crippen LogP contribution is 1.76. The summed E-state index contributed by atoms with van der Waals surface area (Å²) in [5, 5.41) is 0. The van der Waals surface area contributed by atoms with Crippen LogP contribution in [-0.4, -0.2) is 13.1 Å². The molecule has 0 bridgehead atoms. The van der Waals surface area contributed by atoms with E-state index < -0.39 is 0 Å². The Balaban J connectivity index is -0.0000000208. The van der Waals surface area contributed by atoms with Gasteiger partial charge in [0.05, 0.1) is 7.11 Å². The van der Waals surface area contributed by atoms with Crippen molar-refractivity contribution in [2.45, 2.75) is 43.1 Å². The maximum atomic E-state index is 9.96. The van der Waals surface area contributed by atoms with Gasteiger partial charge in [0.2, 0.25) is 0 Å². The Hall–Kier alpha value is -0.530. The predicted molar refractivity (Wildman–Crippen MR) is 49.2 cm³/mol. The van der Waals surface area contributed by atoms with Crippen LogP contribution in [0.15, 0.2) is 0 Å². The quantitative estimate of drug-likeness (QED) is 0.540. The van der Waals surface area contributed by atoms with E-state index in [1.807, 2.05) is 0 Å². The lowest BCUT2D eigenvalue weighted by molar-refractivity contribution is -0.140. The monoisotopic (exact) mass is 152 g/mol. The topological polar surface area (TPSA) is 26.3 Å². The molecule has 0 aliphatic rings. The van der Waals surface area contributed by atoms with Crippen molar-refractivity contribution in [3.8, 4) is 0 Å². The van der Waals surface area contributed by atoms with Crippen LogP contribution in [-0.2, 0) is 9.53 Å². The van der Waals surface area contributed by atoms with Gasteiger partial charge < -0.3 is 4.74 Å². The van der Waals surface area contributed by atoms with Gasteiger partial charge in [-0.15, -0.1) is 0 Å². The summed E-state index contributed by atoms with van der Waals surface area (Å²) in [4.78, 5) is 9.96. The maximum absolute atomic E-state index is 9.96. The van der Waals surface area contributed by atoms with Crippen LogP contribution in [0.5, 0.6) is 0 Å². The first-order chi connectivity index (χ1) is 2.81. The first-order valence-corrected chi connectivity index (χ1v) is 1.88. The molecule has 0 unspecified atom stereocenters. The first kappa shape index (κ1) is 34.0. The summed E-state index contributed by atoms with van der Waals surface area (Å²) in [7, 11) is 1.38. The van der Waals surface area contributed by atoms with E-state index in [0.29, 0.717) is 6.42 Å². The highest BCUT2D eigenvalue weighted by Gasteiger charge is 1.87. The van der Waals surface area contributed by atoms with E-state index in [1.165, 1.54) is 7.11 Å². The van der Waals surface area contributed by atoms with E-state index in [1.54, 1.807) is 6.92 Å². The molecule has 0 aliphatic heterocycles. The molecule has 0 aliphatic carbocycles. The minimum Gasteiger partial charge on any atom is -0.469 e. The molecule has 0 amide bonds. The Kier molecular flexibility index (Phi) is 80.4. The zero-order valence-electron chi connectivity index (χ0n) is 4.02. The molecule has 0 spiro atoms. The lowest BCUT2D eigenvalue weighted by Crippen LogP contribution is -1.94. The number of rotatable bonds is 1. The van der Waals surface area contributed by atoms with Crippen LogP contribution in [0.3, 0.4) is 0 Å². The van der Waals surface area contributed by atoms with Crippen molar-refractivity contribution < 1.29 is 9.53 Å². The number of hydrogen-bond donors (Lipinski definition) is 0. The summed E-state index contributed by atoms with van der Waals surface area (Å²) in [6.07, 6.45) is 0.469. The van der Waals surface area contributed by atoms with Gasteiger partial charge in [0.1, 0.15) is 0 Å². The van der Waals surface area contributed by atoms with Crippen LogP contribution in [0.25, 0.3) is 0 Å². The molecule has 0 aromatic heterocycles. The summed E-state index contributed by atoms with van der Waals surface area (Å²) >= 11 is 0. The second-order valence-electron chi connectivity index (χ2n) is 0.930. The molecule has 0 heterocycles. The van der Waals surface area contributed by atoms with Crippen LogP contribution < -0.4 is 0 Å². The molecule has 0 rings (SSSR count). The van der Waals surface area contributed by atoms with Gasteiger partial charge in [0.25, 0.3) is 0 Å². The van der Waals surface area contributed by atoms with Gasteiger partial charge in [0, 0.05) is 6.42 Å². The molecule has 2 heteroatoms. The summed E-state index contributed by atoms with van der Waals surface area (Å²) < 4.78 is 4.26. The van der Waals surface area contributed by atoms with Crippen LogP contribution in [0.1, 0.15) is 43.1 Å². The Labute approximate surface area is 66.6 Å². The molecule has 0 saturated carbocycles. The minimum absolute atomic E-state index is 0. The van der Waals surface area contributed by atoms with Crippen molar-refractivity contribution in [2.24, 2.45) is 0 Å². The average molecular weight is 152 g/mol. The highest BCUT2D eigenvalue weighted by molar-refractivity contribution is 5.68. The van der Waals surface area contributed by atoms with Gasteiger partial charge in [-0.05, 0) is 0 Å². The van der Waals surface area contributed by atoms with Gasteiger partial charge in [-0.1, -0.05) is 36.6 Å². The third-order valence-electron chi connectivity index (χ3n) is 0.516. The van der Waals surface area contributed by atoms with Gasteiger partial charge in [0.15, 0.2) is 0 Å². The molecule has 0 fully saturated rings. The maximum Gasteiger partial charge on any atom is 0.305 e. The molecule has 10 heavy (non-hydrogen) atoms. The first-order valence-electron chi connectivity index (χ1n) is 1.88.